The van der Waals surface area contributed by atoms with Crippen molar-refractivity contribution < 1.29 is 13.2 Å². The van der Waals surface area contributed by atoms with Crippen molar-refractivity contribution in [3.05, 3.63) is 0 Å². The van der Waals surface area contributed by atoms with Crippen LogP contribution < -0.4 is 0 Å². The second-order valence-electron chi connectivity index (χ2n) is 1.54. The van der Waals surface area contributed by atoms with E-state index in [2.05, 4.69) is 15.9 Å². The van der Waals surface area contributed by atoms with E-state index in [0.717, 1.165) is 6.07 Å². The van der Waals surface area contributed by atoms with E-state index in [1.807, 2.05) is 0 Å². The minimum Gasteiger partial charge on any atom is -0.196 e. The lowest BCUT2D eigenvalue weighted by atomic mass is 10.2. The van der Waals surface area contributed by atoms with Gasteiger partial charge in [0.2, 0.25) is 4.87 Å². The third kappa shape index (κ3) is 1.77. The summed E-state index contributed by atoms with van der Waals surface area (Å²) in [4.78, 5) is -2.78. The molecule has 0 rings (SSSR count). The molecular weight excluding hydrogens is 234 g/mol. The van der Waals surface area contributed by atoms with Crippen LogP contribution in [0.4, 0.5) is 13.2 Å². The van der Waals surface area contributed by atoms with Gasteiger partial charge in [-0.25, -0.2) is 0 Å². The van der Waals surface area contributed by atoms with Crippen LogP contribution in [-0.4, -0.2) is 16.4 Å². The maximum Gasteiger partial charge on any atom is 0.421 e. The van der Waals surface area contributed by atoms with Crippen LogP contribution >= 0.6 is 27.5 Å². The van der Waals surface area contributed by atoms with Crippen molar-refractivity contribution in [2.24, 2.45) is 0 Å². The van der Waals surface area contributed by atoms with Gasteiger partial charge in [0.1, 0.15) is 0 Å². The monoisotopic (exact) mass is 235 g/mol. The second-order valence-corrected chi connectivity index (χ2v) is 2.75. The largest absolute Gasteiger partial charge is 0.421 e. The number of alkyl halides is 5. The molecule has 0 bridgehead atoms. The highest BCUT2D eigenvalue weighted by Crippen LogP contribution is 2.36. The average molecular weight is 236 g/mol. The SMILES string of the molecule is N#CC(Cl)(CBr)C(F)(F)F. The van der Waals surface area contributed by atoms with Gasteiger partial charge in [-0.3, -0.25) is 0 Å². The van der Waals surface area contributed by atoms with Gasteiger partial charge in [-0.2, -0.15) is 18.4 Å². The minimum atomic E-state index is -4.69. The van der Waals surface area contributed by atoms with Crippen LogP contribution in [0.15, 0.2) is 0 Å². The molecule has 10 heavy (non-hydrogen) atoms. The second kappa shape index (κ2) is 2.97. The number of halogens is 5. The van der Waals surface area contributed by atoms with Crippen LogP contribution in [0.2, 0.25) is 0 Å². The van der Waals surface area contributed by atoms with Crippen LogP contribution in [0, 0.1) is 11.3 Å². The molecule has 1 unspecified atom stereocenters. The van der Waals surface area contributed by atoms with Gasteiger partial charge in [-0.15, -0.1) is 0 Å². The Morgan fingerprint density at radius 3 is 1.90 bits per heavy atom. The zero-order valence-corrected chi connectivity index (χ0v) is 6.89. The Balaban J connectivity index is 4.54. The Kier molecular flexibility index (Phi) is 2.99. The highest BCUT2D eigenvalue weighted by Gasteiger charge is 2.53. The van der Waals surface area contributed by atoms with Crippen LogP contribution in [-0.2, 0) is 0 Å². The van der Waals surface area contributed by atoms with E-state index in [4.69, 9.17) is 16.9 Å². The van der Waals surface area contributed by atoms with Crippen molar-refractivity contribution >= 4 is 27.5 Å². The molecule has 0 aliphatic heterocycles. The third-order valence-corrected chi connectivity index (χ3v) is 2.41. The molecule has 0 aliphatic rings. The van der Waals surface area contributed by atoms with Crippen molar-refractivity contribution in [2.45, 2.75) is 11.1 Å². The summed E-state index contributed by atoms with van der Waals surface area (Å²) in [6.07, 6.45) is -4.69. The van der Waals surface area contributed by atoms with Gasteiger partial charge in [0.15, 0.2) is 0 Å². The van der Waals surface area contributed by atoms with Gasteiger partial charge in [-0.1, -0.05) is 27.5 Å². The molecule has 0 heterocycles. The van der Waals surface area contributed by atoms with Gasteiger partial charge >= 0.3 is 6.18 Å². The molecule has 0 fully saturated rings. The van der Waals surface area contributed by atoms with Crippen LogP contribution in [0.25, 0.3) is 0 Å². The predicted octanol–water partition coefficient (Wildman–Crippen LogP) is 2.44. The molecule has 0 radical (unpaired) electrons. The van der Waals surface area contributed by atoms with Crippen molar-refractivity contribution in [3.8, 4) is 6.07 Å². The summed E-state index contributed by atoms with van der Waals surface area (Å²) >= 11 is 7.34. The molecule has 0 saturated carbocycles. The van der Waals surface area contributed by atoms with E-state index in [9.17, 15) is 13.2 Å². The molecule has 0 aromatic heterocycles. The summed E-state index contributed by atoms with van der Waals surface area (Å²) in [5, 5.41) is 7.37. The van der Waals surface area contributed by atoms with Gasteiger partial charge in [-0.05, 0) is 0 Å². The smallest absolute Gasteiger partial charge is 0.196 e. The molecule has 6 heteroatoms. The summed E-state index contributed by atoms with van der Waals surface area (Å²) in [6, 6.07) is 0.962. The lowest BCUT2D eigenvalue weighted by Gasteiger charge is -2.18. The van der Waals surface area contributed by atoms with Gasteiger partial charge in [0, 0.05) is 5.33 Å². The summed E-state index contributed by atoms with van der Waals surface area (Å²) in [7, 11) is 0. The van der Waals surface area contributed by atoms with E-state index in [-0.39, 0.29) is 0 Å². The molecule has 1 atom stereocenters. The lowest BCUT2D eigenvalue weighted by Crippen LogP contribution is -2.39. The first-order valence-corrected chi connectivity index (χ1v) is 3.60. The lowest BCUT2D eigenvalue weighted by molar-refractivity contribution is -0.142. The fraction of sp³-hybridized carbons (Fsp3) is 0.750. The number of nitrogens with zero attached hydrogens (tertiary/aromatic N) is 1. The summed E-state index contributed by atoms with van der Waals surface area (Å²) in [5.74, 6) is 0. The number of nitriles is 1. The molecule has 0 aromatic carbocycles. The highest BCUT2D eigenvalue weighted by molar-refractivity contribution is 9.09. The maximum absolute atomic E-state index is 11.7. The molecule has 0 N–H and O–H groups in total. The van der Waals surface area contributed by atoms with E-state index in [0.29, 0.717) is 0 Å². The first-order chi connectivity index (χ1) is 4.37. The van der Waals surface area contributed by atoms with Gasteiger partial charge < -0.3 is 0 Å². The molecule has 0 amide bonds. The molecular formula is C4H2BrClF3N. The Morgan fingerprint density at radius 2 is 1.90 bits per heavy atom. The van der Waals surface area contributed by atoms with Crippen molar-refractivity contribution in [1.82, 2.24) is 0 Å². The average Bonchev–Trinajstić information content (AvgIpc) is 1.84. The number of hydrogen-bond acceptors (Lipinski definition) is 1. The third-order valence-electron chi connectivity index (χ3n) is 0.811. The standard InChI is InChI=1S/C4H2BrClF3N/c5-1-3(6,2-10)4(7,8)9/h1H2. The first-order valence-electron chi connectivity index (χ1n) is 2.10. The predicted molar refractivity (Wildman–Crippen MR) is 34.0 cm³/mol. The summed E-state index contributed by atoms with van der Waals surface area (Å²) in [6.45, 7) is 0. The summed E-state index contributed by atoms with van der Waals surface area (Å²) in [5.41, 5.74) is 0. The van der Waals surface area contributed by atoms with E-state index < -0.39 is 16.4 Å². The zero-order chi connectivity index (χ0) is 8.41. The van der Waals surface area contributed by atoms with Crippen molar-refractivity contribution in [3.63, 3.8) is 0 Å². The Bertz CT molecular complexity index is 163. The van der Waals surface area contributed by atoms with Gasteiger partial charge in [0.25, 0.3) is 0 Å². The fourth-order valence-electron chi connectivity index (χ4n) is 0.169. The molecule has 0 saturated heterocycles. The topological polar surface area (TPSA) is 23.8 Å². The summed E-state index contributed by atoms with van der Waals surface area (Å²) < 4.78 is 35.2. The van der Waals surface area contributed by atoms with E-state index in [1.54, 1.807) is 0 Å². The first kappa shape index (κ1) is 10.0. The van der Waals surface area contributed by atoms with Crippen LogP contribution in [0.3, 0.4) is 0 Å². The molecule has 0 aliphatic carbocycles. The molecule has 1 nitrogen and oxygen atoms in total. The van der Waals surface area contributed by atoms with E-state index in [1.165, 1.54) is 0 Å². The normalized spacial score (nSPS) is 17.6. The minimum absolute atomic E-state index is 0.623. The Hall–Kier alpha value is 0.0500. The zero-order valence-electron chi connectivity index (χ0n) is 4.54. The fourth-order valence-corrected chi connectivity index (χ4v) is 0.612. The molecule has 0 spiro atoms. The van der Waals surface area contributed by atoms with Gasteiger partial charge in [0.05, 0.1) is 6.07 Å². The quantitative estimate of drug-likeness (QED) is 0.642. The molecule has 0 aromatic rings. The van der Waals surface area contributed by atoms with Crippen LogP contribution in [0.5, 0.6) is 0 Å². The number of hydrogen-bond donors (Lipinski definition) is 0. The van der Waals surface area contributed by atoms with Crippen molar-refractivity contribution in [2.75, 3.05) is 5.33 Å². The Morgan fingerprint density at radius 1 is 1.50 bits per heavy atom. The van der Waals surface area contributed by atoms with Crippen molar-refractivity contribution in [1.29, 1.82) is 5.26 Å². The Labute approximate surface area is 68.9 Å². The maximum atomic E-state index is 11.7. The molecule has 58 valence electrons. The highest BCUT2D eigenvalue weighted by atomic mass is 79.9. The number of rotatable bonds is 1. The van der Waals surface area contributed by atoms with Crippen LogP contribution in [0.1, 0.15) is 0 Å². The van der Waals surface area contributed by atoms with E-state index >= 15 is 0 Å².